The quantitative estimate of drug-likeness (QED) is 0.766. The van der Waals surface area contributed by atoms with Crippen LogP contribution in [-0.2, 0) is 4.79 Å². The summed E-state index contributed by atoms with van der Waals surface area (Å²) in [5, 5.41) is 11.7. The highest BCUT2D eigenvalue weighted by atomic mass is 16.4. The third kappa shape index (κ3) is 5.40. The number of para-hydroxylation sites is 1. The summed E-state index contributed by atoms with van der Waals surface area (Å²) >= 11 is 0. The Labute approximate surface area is 119 Å². The lowest BCUT2D eigenvalue weighted by molar-refractivity contribution is -0.116. The molecule has 20 heavy (non-hydrogen) atoms. The molecule has 5 nitrogen and oxygen atoms in total. The fraction of sp³-hybridized carbons (Fsp3) is 0.467. The van der Waals surface area contributed by atoms with E-state index in [9.17, 15) is 9.59 Å². The number of hydrogen-bond acceptors (Lipinski definition) is 3. The number of nitrogens with zero attached hydrogens (tertiary/aromatic N) is 1. The maximum Gasteiger partial charge on any atom is 0.337 e. The van der Waals surface area contributed by atoms with E-state index in [0.717, 1.165) is 19.4 Å². The van der Waals surface area contributed by atoms with Gasteiger partial charge in [-0.25, -0.2) is 4.79 Å². The molecule has 0 saturated carbocycles. The maximum absolute atomic E-state index is 11.8. The van der Waals surface area contributed by atoms with Crippen LogP contribution in [0.4, 0.5) is 5.69 Å². The van der Waals surface area contributed by atoms with Crippen LogP contribution in [0.15, 0.2) is 24.3 Å². The van der Waals surface area contributed by atoms with E-state index >= 15 is 0 Å². The van der Waals surface area contributed by atoms with Crippen molar-refractivity contribution in [2.75, 3.05) is 25.5 Å². The fourth-order valence-electron chi connectivity index (χ4n) is 1.82. The summed E-state index contributed by atoms with van der Waals surface area (Å²) in [7, 11) is 1.98. The Morgan fingerprint density at radius 3 is 2.60 bits per heavy atom. The summed E-state index contributed by atoms with van der Waals surface area (Å²) < 4.78 is 0. The number of nitrogens with one attached hydrogen (secondary N) is 1. The first-order chi connectivity index (χ1) is 9.54. The number of unbranched alkanes of at least 4 members (excludes halogenated alkanes) is 1. The molecule has 0 spiro atoms. The molecule has 2 N–H and O–H groups in total. The van der Waals surface area contributed by atoms with Crippen LogP contribution in [0.5, 0.6) is 0 Å². The molecule has 0 radical (unpaired) electrons. The van der Waals surface area contributed by atoms with Crippen molar-refractivity contribution in [1.82, 2.24) is 4.90 Å². The molecule has 0 aliphatic rings. The fourth-order valence-corrected chi connectivity index (χ4v) is 1.82. The second-order valence-corrected chi connectivity index (χ2v) is 4.81. The van der Waals surface area contributed by atoms with E-state index in [1.54, 1.807) is 18.2 Å². The Morgan fingerprint density at radius 2 is 1.95 bits per heavy atom. The van der Waals surface area contributed by atoms with Gasteiger partial charge in [-0.15, -0.1) is 0 Å². The molecule has 0 bridgehead atoms. The lowest BCUT2D eigenvalue weighted by atomic mass is 10.1. The van der Waals surface area contributed by atoms with Crippen molar-refractivity contribution in [2.24, 2.45) is 0 Å². The van der Waals surface area contributed by atoms with E-state index in [-0.39, 0.29) is 11.5 Å². The summed E-state index contributed by atoms with van der Waals surface area (Å²) in [4.78, 5) is 25.0. The number of amides is 1. The molecule has 5 heteroatoms. The van der Waals surface area contributed by atoms with Crippen LogP contribution in [0, 0.1) is 0 Å². The van der Waals surface area contributed by atoms with Gasteiger partial charge in [0.05, 0.1) is 11.3 Å². The van der Waals surface area contributed by atoms with Gasteiger partial charge in [-0.3, -0.25) is 4.79 Å². The molecule has 1 amide bonds. The van der Waals surface area contributed by atoms with Crippen LogP contribution in [0.2, 0.25) is 0 Å². The van der Waals surface area contributed by atoms with E-state index < -0.39 is 5.97 Å². The summed E-state index contributed by atoms with van der Waals surface area (Å²) in [5.41, 5.74) is 0.460. The number of carbonyl (C=O) groups is 2. The highest BCUT2D eigenvalue weighted by Crippen LogP contribution is 2.15. The van der Waals surface area contributed by atoms with Crippen LogP contribution in [-0.4, -0.2) is 42.0 Å². The zero-order valence-electron chi connectivity index (χ0n) is 12.1. The average Bonchev–Trinajstić information content (AvgIpc) is 2.43. The number of benzene rings is 1. The summed E-state index contributed by atoms with van der Waals surface area (Å²) in [5.74, 6) is -1.21. The van der Waals surface area contributed by atoms with Crippen LogP contribution >= 0.6 is 0 Å². The van der Waals surface area contributed by atoms with Gasteiger partial charge in [0.2, 0.25) is 5.91 Å². The van der Waals surface area contributed by atoms with Gasteiger partial charge in [0, 0.05) is 13.0 Å². The van der Waals surface area contributed by atoms with Gasteiger partial charge in [-0.2, -0.15) is 0 Å². The Bertz CT molecular complexity index is 460. The van der Waals surface area contributed by atoms with Crippen molar-refractivity contribution in [1.29, 1.82) is 0 Å². The van der Waals surface area contributed by atoms with Crippen LogP contribution < -0.4 is 5.32 Å². The number of aromatic carboxylic acids is 1. The van der Waals surface area contributed by atoms with Gasteiger partial charge in [0.25, 0.3) is 0 Å². The summed E-state index contributed by atoms with van der Waals surface area (Å²) in [6, 6.07) is 6.42. The summed E-state index contributed by atoms with van der Waals surface area (Å²) in [6.45, 7) is 3.76. The third-order valence-corrected chi connectivity index (χ3v) is 3.05. The first-order valence-corrected chi connectivity index (χ1v) is 6.85. The predicted octanol–water partition coefficient (Wildman–Crippen LogP) is 2.45. The molecule has 0 aliphatic carbocycles. The van der Waals surface area contributed by atoms with E-state index in [1.807, 2.05) is 7.05 Å². The van der Waals surface area contributed by atoms with Crippen molar-refractivity contribution in [3.63, 3.8) is 0 Å². The molecule has 0 saturated heterocycles. The molecule has 0 fully saturated rings. The molecule has 0 heterocycles. The zero-order chi connectivity index (χ0) is 15.0. The maximum atomic E-state index is 11.8. The largest absolute Gasteiger partial charge is 0.478 e. The minimum absolute atomic E-state index is 0.111. The van der Waals surface area contributed by atoms with Gasteiger partial charge in [-0.1, -0.05) is 25.5 Å². The van der Waals surface area contributed by atoms with Crippen molar-refractivity contribution >= 4 is 17.6 Å². The van der Waals surface area contributed by atoms with Gasteiger partial charge in [0.15, 0.2) is 0 Å². The van der Waals surface area contributed by atoms with Crippen molar-refractivity contribution in [3.05, 3.63) is 29.8 Å². The first kappa shape index (κ1) is 16.2. The molecule has 0 unspecified atom stereocenters. The molecular formula is C15H22N2O3. The van der Waals surface area contributed by atoms with Crippen LogP contribution in [0.1, 0.15) is 36.5 Å². The highest BCUT2D eigenvalue weighted by molar-refractivity contribution is 6.00. The standard InChI is InChI=1S/C15H22N2O3/c1-3-4-10-17(2)11-9-14(18)16-13-8-6-5-7-12(13)15(19)20/h5-8H,3-4,9-11H2,1-2H3,(H,16,18)(H,19,20). The Morgan fingerprint density at radius 1 is 1.25 bits per heavy atom. The van der Waals surface area contributed by atoms with E-state index in [0.29, 0.717) is 18.7 Å². The predicted molar refractivity (Wildman–Crippen MR) is 79.1 cm³/mol. The molecule has 1 rings (SSSR count). The second-order valence-electron chi connectivity index (χ2n) is 4.81. The smallest absolute Gasteiger partial charge is 0.337 e. The lowest BCUT2D eigenvalue weighted by Gasteiger charge is -2.16. The number of rotatable bonds is 8. The number of hydrogen-bond donors (Lipinski definition) is 2. The van der Waals surface area contributed by atoms with Crippen molar-refractivity contribution in [3.8, 4) is 0 Å². The monoisotopic (exact) mass is 278 g/mol. The minimum atomic E-state index is -1.04. The highest BCUT2D eigenvalue weighted by Gasteiger charge is 2.11. The van der Waals surface area contributed by atoms with Crippen LogP contribution in [0.25, 0.3) is 0 Å². The number of carboxylic acids is 1. The number of carboxylic acid groups (broad SMARTS) is 1. The minimum Gasteiger partial charge on any atom is -0.478 e. The first-order valence-electron chi connectivity index (χ1n) is 6.85. The molecule has 0 atom stereocenters. The molecule has 1 aromatic rings. The Balaban J connectivity index is 2.49. The molecule has 110 valence electrons. The molecular weight excluding hydrogens is 256 g/mol. The molecule has 1 aromatic carbocycles. The van der Waals surface area contributed by atoms with Gasteiger partial charge >= 0.3 is 5.97 Å². The zero-order valence-corrected chi connectivity index (χ0v) is 12.1. The van der Waals surface area contributed by atoms with E-state index in [1.165, 1.54) is 6.07 Å². The summed E-state index contributed by atoms with van der Waals surface area (Å²) in [6.07, 6.45) is 2.59. The third-order valence-electron chi connectivity index (χ3n) is 3.05. The Kier molecular flexibility index (Phi) is 6.73. The number of anilines is 1. The number of carbonyl (C=O) groups excluding carboxylic acids is 1. The molecule has 0 aromatic heterocycles. The van der Waals surface area contributed by atoms with E-state index in [2.05, 4.69) is 17.1 Å². The van der Waals surface area contributed by atoms with Gasteiger partial charge in [-0.05, 0) is 32.1 Å². The van der Waals surface area contributed by atoms with Gasteiger partial charge < -0.3 is 15.3 Å². The van der Waals surface area contributed by atoms with Crippen LogP contribution in [0.3, 0.4) is 0 Å². The van der Waals surface area contributed by atoms with Crippen molar-refractivity contribution in [2.45, 2.75) is 26.2 Å². The normalized spacial score (nSPS) is 10.6. The lowest BCUT2D eigenvalue weighted by Crippen LogP contribution is -2.25. The van der Waals surface area contributed by atoms with Gasteiger partial charge in [0.1, 0.15) is 0 Å². The average molecular weight is 278 g/mol. The van der Waals surface area contributed by atoms with Crippen molar-refractivity contribution < 1.29 is 14.7 Å². The topological polar surface area (TPSA) is 69.6 Å². The van der Waals surface area contributed by atoms with E-state index in [4.69, 9.17) is 5.11 Å². The molecule has 0 aliphatic heterocycles. The second kappa shape index (κ2) is 8.32. The Hall–Kier alpha value is -1.88. The SMILES string of the molecule is CCCCN(C)CCC(=O)Nc1ccccc1C(=O)O.